The predicted octanol–water partition coefficient (Wildman–Crippen LogP) is 0.270. The van der Waals surface area contributed by atoms with Crippen molar-refractivity contribution in [3.05, 3.63) is 23.8 Å². The number of rotatable bonds is 3. The molecule has 8 heteroatoms. The molecule has 1 aromatic rings. The van der Waals surface area contributed by atoms with Crippen molar-refractivity contribution in [2.75, 3.05) is 27.4 Å². The van der Waals surface area contributed by atoms with Crippen LogP contribution < -0.4 is 14.8 Å². The third kappa shape index (κ3) is 2.36. The minimum absolute atomic E-state index is 0.124. The smallest absolute Gasteiger partial charge is 0.325 e. The highest BCUT2D eigenvalue weighted by molar-refractivity contribution is 6.09. The molecule has 23 heavy (non-hydrogen) atoms. The van der Waals surface area contributed by atoms with E-state index in [4.69, 9.17) is 9.47 Å². The van der Waals surface area contributed by atoms with Gasteiger partial charge in [0.1, 0.15) is 12.1 Å². The van der Waals surface area contributed by atoms with Gasteiger partial charge in [-0.25, -0.2) is 4.79 Å². The lowest BCUT2D eigenvalue weighted by molar-refractivity contribution is -0.137. The van der Waals surface area contributed by atoms with Gasteiger partial charge in [0, 0.05) is 14.1 Å². The molecule has 0 aromatic heterocycles. The zero-order valence-electron chi connectivity index (χ0n) is 13.1. The maximum atomic E-state index is 12.7. The minimum Gasteiger partial charge on any atom is -0.454 e. The van der Waals surface area contributed by atoms with Crippen molar-refractivity contribution in [3.8, 4) is 11.5 Å². The van der Waals surface area contributed by atoms with E-state index in [0.29, 0.717) is 17.1 Å². The topological polar surface area (TPSA) is 88.2 Å². The van der Waals surface area contributed by atoms with Crippen molar-refractivity contribution >= 4 is 17.8 Å². The number of likely N-dealkylation sites (N-methyl/N-ethyl adjacent to an activating group) is 1. The lowest BCUT2D eigenvalue weighted by atomic mass is 9.91. The van der Waals surface area contributed by atoms with Crippen molar-refractivity contribution in [2.45, 2.75) is 12.5 Å². The average molecular weight is 319 g/mol. The Morgan fingerprint density at radius 2 is 2.00 bits per heavy atom. The third-order valence-corrected chi connectivity index (χ3v) is 4.02. The number of hydrogen-bond acceptors (Lipinski definition) is 5. The zero-order chi connectivity index (χ0) is 16.8. The molecule has 3 rings (SSSR count). The molecular weight excluding hydrogens is 302 g/mol. The van der Waals surface area contributed by atoms with Crippen LogP contribution >= 0.6 is 0 Å². The molecule has 0 radical (unpaired) electrons. The summed E-state index contributed by atoms with van der Waals surface area (Å²) in [5, 5.41) is 2.65. The van der Waals surface area contributed by atoms with E-state index in [0.717, 1.165) is 4.90 Å². The zero-order valence-corrected chi connectivity index (χ0v) is 13.1. The molecule has 4 amide bonds. The number of nitrogens with zero attached hydrogens (tertiary/aromatic N) is 2. The molecule has 2 aliphatic heterocycles. The summed E-state index contributed by atoms with van der Waals surface area (Å²) in [6, 6.07) is 4.46. The molecule has 2 heterocycles. The standard InChI is InChI=1S/C15H17N3O5/c1-15(9-4-5-10-11(6-9)23-8-22-10)13(20)18(14(21)16-15)7-12(19)17(2)3/h4-6H,7-8H2,1-3H3,(H,16,21). The van der Waals surface area contributed by atoms with E-state index in [1.54, 1.807) is 39.2 Å². The Labute approximate surface area is 132 Å². The minimum atomic E-state index is -1.25. The lowest BCUT2D eigenvalue weighted by Gasteiger charge is -2.22. The Morgan fingerprint density at radius 3 is 2.70 bits per heavy atom. The number of carbonyl (C=O) groups is 3. The molecule has 1 N–H and O–H groups in total. The average Bonchev–Trinajstić information content (AvgIpc) is 3.05. The summed E-state index contributed by atoms with van der Waals surface area (Å²) in [5.41, 5.74) is -0.676. The molecule has 1 aromatic carbocycles. The van der Waals surface area contributed by atoms with Crippen molar-refractivity contribution in [3.63, 3.8) is 0 Å². The molecular formula is C15H17N3O5. The summed E-state index contributed by atoms with van der Waals surface area (Å²) >= 11 is 0. The summed E-state index contributed by atoms with van der Waals surface area (Å²) in [4.78, 5) is 38.9. The highest BCUT2D eigenvalue weighted by Gasteiger charge is 2.50. The van der Waals surface area contributed by atoms with Crippen LogP contribution in [0.5, 0.6) is 11.5 Å². The van der Waals surface area contributed by atoms with E-state index in [1.165, 1.54) is 4.90 Å². The van der Waals surface area contributed by atoms with Crippen LogP contribution in [0.3, 0.4) is 0 Å². The first-order valence-electron chi connectivity index (χ1n) is 7.07. The second kappa shape index (κ2) is 5.15. The molecule has 1 atom stereocenters. The van der Waals surface area contributed by atoms with Crippen molar-refractivity contribution < 1.29 is 23.9 Å². The number of benzene rings is 1. The van der Waals surface area contributed by atoms with Gasteiger partial charge in [-0.2, -0.15) is 0 Å². The number of fused-ring (bicyclic) bond motifs is 1. The van der Waals surface area contributed by atoms with E-state index in [1.807, 2.05) is 0 Å². The van der Waals surface area contributed by atoms with E-state index in [9.17, 15) is 14.4 Å². The number of hydrogen-bond donors (Lipinski definition) is 1. The van der Waals surface area contributed by atoms with Gasteiger partial charge in [-0.05, 0) is 24.6 Å². The maximum absolute atomic E-state index is 12.7. The van der Waals surface area contributed by atoms with Crippen molar-refractivity contribution in [1.29, 1.82) is 0 Å². The number of ether oxygens (including phenoxy) is 2. The third-order valence-electron chi connectivity index (χ3n) is 4.02. The second-order valence-electron chi connectivity index (χ2n) is 5.80. The fourth-order valence-electron chi connectivity index (χ4n) is 2.52. The van der Waals surface area contributed by atoms with Gasteiger partial charge in [0.15, 0.2) is 11.5 Å². The van der Waals surface area contributed by atoms with Crippen molar-refractivity contribution in [2.24, 2.45) is 0 Å². The van der Waals surface area contributed by atoms with Crippen LogP contribution in [0.1, 0.15) is 12.5 Å². The molecule has 0 aliphatic carbocycles. The molecule has 2 aliphatic rings. The second-order valence-corrected chi connectivity index (χ2v) is 5.80. The van der Waals surface area contributed by atoms with Crippen molar-refractivity contribution in [1.82, 2.24) is 15.1 Å². The summed E-state index contributed by atoms with van der Waals surface area (Å²) in [6.07, 6.45) is 0. The van der Waals surface area contributed by atoms with E-state index < -0.39 is 17.5 Å². The van der Waals surface area contributed by atoms with Crippen LogP contribution in [0, 0.1) is 0 Å². The van der Waals surface area contributed by atoms with Crippen LogP contribution in [-0.4, -0.2) is 55.1 Å². The normalized spacial score (nSPS) is 22.3. The van der Waals surface area contributed by atoms with Gasteiger partial charge in [-0.3, -0.25) is 14.5 Å². The number of carbonyl (C=O) groups excluding carboxylic acids is 3. The van der Waals surface area contributed by atoms with Gasteiger partial charge in [0.25, 0.3) is 5.91 Å². The molecule has 0 spiro atoms. The maximum Gasteiger partial charge on any atom is 0.325 e. The quantitative estimate of drug-likeness (QED) is 0.808. The summed E-state index contributed by atoms with van der Waals surface area (Å²) in [6.45, 7) is 1.43. The Morgan fingerprint density at radius 1 is 1.30 bits per heavy atom. The molecule has 1 saturated heterocycles. The van der Waals surface area contributed by atoms with Gasteiger partial charge in [0.05, 0.1) is 0 Å². The van der Waals surface area contributed by atoms with Gasteiger partial charge >= 0.3 is 6.03 Å². The number of urea groups is 1. The predicted molar refractivity (Wildman–Crippen MR) is 78.9 cm³/mol. The van der Waals surface area contributed by atoms with E-state index in [-0.39, 0.29) is 19.2 Å². The number of imide groups is 1. The Kier molecular flexibility index (Phi) is 3.39. The van der Waals surface area contributed by atoms with Gasteiger partial charge in [-0.1, -0.05) is 6.07 Å². The van der Waals surface area contributed by atoms with E-state index in [2.05, 4.69) is 5.32 Å². The van der Waals surface area contributed by atoms with Crippen LogP contribution in [0.15, 0.2) is 18.2 Å². The van der Waals surface area contributed by atoms with E-state index >= 15 is 0 Å². The SMILES string of the molecule is CN(C)C(=O)CN1C(=O)NC(C)(c2ccc3c(c2)OCO3)C1=O. The monoisotopic (exact) mass is 319 g/mol. The van der Waals surface area contributed by atoms with Crippen LogP contribution in [0.4, 0.5) is 4.79 Å². The molecule has 0 saturated carbocycles. The summed E-state index contributed by atoms with van der Waals surface area (Å²) < 4.78 is 10.5. The lowest BCUT2D eigenvalue weighted by Crippen LogP contribution is -2.43. The molecule has 122 valence electrons. The highest BCUT2D eigenvalue weighted by Crippen LogP contribution is 2.37. The fourth-order valence-corrected chi connectivity index (χ4v) is 2.52. The number of nitrogens with one attached hydrogen (secondary N) is 1. The highest BCUT2D eigenvalue weighted by atomic mass is 16.7. The largest absolute Gasteiger partial charge is 0.454 e. The molecule has 1 unspecified atom stereocenters. The molecule has 1 fully saturated rings. The molecule has 8 nitrogen and oxygen atoms in total. The first kappa shape index (κ1) is 15.1. The first-order valence-corrected chi connectivity index (χ1v) is 7.07. The Balaban J connectivity index is 1.89. The van der Waals surface area contributed by atoms with Gasteiger partial charge < -0.3 is 19.7 Å². The summed E-state index contributed by atoms with van der Waals surface area (Å²) in [7, 11) is 3.13. The van der Waals surface area contributed by atoms with Crippen LogP contribution in [0.2, 0.25) is 0 Å². The van der Waals surface area contributed by atoms with Gasteiger partial charge in [-0.15, -0.1) is 0 Å². The van der Waals surface area contributed by atoms with Crippen LogP contribution in [0.25, 0.3) is 0 Å². The molecule has 0 bridgehead atoms. The Bertz CT molecular complexity index is 702. The summed E-state index contributed by atoms with van der Waals surface area (Å²) in [5.74, 6) is 0.308. The van der Waals surface area contributed by atoms with Gasteiger partial charge in [0.2, 0.25) is 12.7 Å². The van der Waals surface area contributed by atoms with Crippen LogP contribution in [-0.2, 0) is 15.1 Å². The Hall–Kier alpha value is -2.77. The number of amides is 4. The fraction of sp³-hybridized carbons (Fsp3) is 0.400. The first-order chi connectivity index (χ1) is 10.8.